The number of ether oxygens (including phenoxy) is 2. The van der Waals surface area contributed by atoms with Gasteiger partial charge in [0.25, 0.3) is 0 Å². The van der Waals surface area contributed by atoms with Gasteiger partial charge in [0, 0.05) is 10.6 Å². The molecule has 1 atom stereocenters. The third-order valence-corrected chi connectivity index (χ3v) is 3.40. The maximum Gasteiger partial charge on any atom is 0.342 e. The molecule has 23 heavy (non-hydrogen) atoms. The number of hydrogen-bond donors (Lipinski definition) is 0. The molecule has 2 rings (SSSR count). The number of esters is 1. The zero-order valence-corrected chi connectivity index (χ0v) is 13.3. The standard InChI is InChI=1S/C17H14ClFO4/c1-10(16(20)11-3-6-13(19)7-4-11)23-17(21)14-9-12(18)5-8-15(14)22-2/h3-10H,1-2H3/t10-/m1/s1. The summed E-state index contributed by atoms with van der Waals surface area (Å²) < 4.78 is 23.1. The first-order valence-corrected chi connectivity index (χ1v) is 7.14. The van der Waals surface area contributed by atoms with E-state index in [1.54, 1.807) is 6.07 Å². The molecule has 2 aromatic rings. The molecule has 0 radical (unpaired) electrons. The predicted molar refractivity (Wildman–Crippen MR) is 83.6 cm³/mol. The van der Waals surface area contributed by atoms with Crippen LogP contribution < -0.4 is 4.74 Å². The van der Waals surface area contributed by atoms with Crippen LogP contribution in [0.5, 0.6) is 5.75 Å². The van der Waals surface area contributed by atoms with Crippen molar-refractivity contribution in [3.8, 4) is 5.75 Å². The van der Waals surface area contributed by atoms with E-state index in [0.717, 1.165) is 0 Å². The summed E-state index contributed by atoms with van der Waals surface area (Å²) >= 11 is 5.86. The van der Waals surface area contributed by atoms with E-state index in [9.17, 15) is 14.0 Å². The van der Waals surface area contributed by atoms with Crippen LogP contribution in [-0.2, 0) is 4.74 Å². The van der Waals surface area contributed by atoms with Crippen LogP contribution in [0.4, 0.5) is 4.39 Å². The van der Waals surface area contributed by atoms with E-state index in [0.29, 0.717) is 10.8 Å². The van der Waals surface area contributed by atoms with Crippen molar-refractivity contribution in [1.29, 1.82) is 0 Å². The van der Waals surface area contributed by atoms with Crippen LogP contribution in [-0.4, -0.2) is 25.0 Å². The third-order valence-electron chi connectivity index (χ3n) is 3.16. The van der Waals surface area contributed by atoms with Crippen molar-refractivity contribution in [3.63, 3.8) is 0 Å². The Morgan fingerprint density at radius 3 is 2.39 bits per heavy atom. The number of halogens is 2. The predicted octanol–water partition coefficient (Wildman–Crippen LogP) is 3.92. The molecule has 0 amide bonds. The number of rotatable bonds is 5. The number of hydrogen-bond acceptors (Lipinski definition) is 4. The molecular formula is C17H14ClFO4. The quantitative estimate of drug-likeness (QED) is 0.613. The topological polar surface area (TPSA) is 52.6 Å². The minimum atomic E-state index is -1.03. The summed E-state index contributed by atoms with van der Waals surface area (Å²) in [5, 5.41) is 0.343. The van der Waals surface area contributed by atoms with E-state index in [-0.39, 0.29) is 11.1 Å². The molecule has 0 N–H and O–H groups in total. The second kappa shape index (κ2) is 7.24. The van der Waals surface area contributed by atoms with E-state index < -0.39 is 23.7 Å². The molecule has 120 valence electrons. The lowest BCUT2D eigenvalue weighted by Gasteiger charge is -2.14. The van der Waals surface area contributed by atoms with Crippen molar-refractivity contribution >= 4 is 23.4 Å². The highest BCUT2D eigenvalue weighted by atomic mass is 35.5. The molecule has 0 saturated carbocycles. The summed E-state index contributed by atoms with van der Waals surface area (Å²) in [6.45, 7) is 1.45. The Balaban J connectivity index is 2.15. The van der Waals surface area contributed by atoms with E-state index in [2.05, 4.69) is 0 Å². The van der Waals surface area contributed by atoms with Crippen LogP contribution in [0, 0.1) is 5.82 Å². The maximum absolute atomic E-state index is 12.9. The first-order valence-electron chi connectivity index (χ1n) is 6.76. The molecule has 0 unspecified atom stereocenters. The highest BCUT2D eigenvalue weighted by Crippen LogP contribution is 2.24. The zero-order chi connectivity index (χ0) is 17.0. The Hall–Kier alpha value is -2.40. The summed E-state index contributed by atoms with van der Waals surface area (Å²) in [7, 11) is 1.41. The van der Waals surface area contributed by atoms with Crippen LogP contribution >= 0.6 is 11.6 Å². The summed E-state index contributed by atoms with van der Waals surface area (Å²) in [6, 6.07) is 9.51. The van der Waals surface area contributed by atoms with Crippen molar-refractivity contribution in [2.75, 3.05) is 7.11 Å². The fraction of sp³-hybridized carbons (Fsp3) is 0.176. The van der Waals surface area contributed by atoms with Crippen molar-refractivity contribution < 1.29 is 23.5 Å². The first kappa shape index (κ1) is 17.0. The SMILES string of the molecule is COc1ccc(Cl)cc1C(=O)O[C@H](C)C(=O)c1ccc(F)cc1. The van der Waals surface area contributed by atoms with Gasteiger partial charge in [0.1, 0.15) is 17.1 Å². The minimum absolute atomic E-state index is 0.124. The molecule has 0 aromatic heterocycles. The van der Waals surface area contributed by atoms with Crippen LogP contribution in [0.3, 0.4) is 0 Å². The molecule has 0 heterocycles. The van der Waals surface area contributed by atoms with Gasteiger partial charge in [-0.25, -0.2) is 9.18 Å². The minimum Gasteiger partial charge on any atom is -0.496 e. The second-order valence-corrected chi connectivity index (χ2v) is 5.20. The van der Waals surface area contributed by atoms with Crippen molar-refractivity contribution in [2.45, 2.75) is 13.0 Å². The van der Waals surface area contributed by atoms with Crippen molar-refractivity contribution in [1.82, 2.24) is 0 Å². The number of carbonyl (C=O) groups is 2. The van der Waals surface area contributed by atoms with Crippen molar-refractivity contribution in [3.05, 3.63) is 64.4 Å². The monoisotopic (exact) mass is 336 g/mol. The van der Waals surface area contributed by atoms with Gasteiger partial charge in [0.2, 0.25) is 5.78 Å². The first-order chi connectivity index (χ1) is 10.9. The molecule has 0 aliphatic rings. The average molecular weight is 337 g/mol. The third kappa shape index (κ3) is 4.07. The Kier molecular flexibility index (Phi) is 5.34. The number of methoxy groups -OCH3 is 1. The summed E-state index contributed by atoms with van der Waals surface area (Å²) in [5.41, 5.74) is 0.378. The smallest absolute Gasteiger partial charge is 0.342 e. The highest BCUT2D eigenvalue weighted by Gasteiger charge is 2.22. The average Bonchev–Trinajstić information content (AvgIpc) is 2.54. The molecule has 6 heteroatoms. The molecular weight excluding hydrogens is 323 g/mol. The Bertz CT molecular complexity index is 728. The van der Waals surface area contributed by atoms with Crippen LogP contribution in [0.25, 0.3) is 0 Å². The molecule has 0 aliphatic carbocycles. The van der Waals surface area contributed by atoms with Gasteiger partial charge in [-0.2, -0.15) is 0 Å². The normalized spacial score (nSPS) is 11.7. The molecule has 0 spiro atoms. The summed E-state index contributed by atoms with van der Waals surface area (Å²) in [6.07, 6.45) is -1.03. The summed E-state index contributed by atoms with van der Waals surface area (Å²) in [4.78, 5) is 24.4. The van der Waals surface area contributed by atoms with Gasteiger partial charge in [0.15, 0.2) is 6.10 Å². The molecule has 0 fully saturated rings. The highest BCUT2D eigenvalue weighted by molar-refractivity contribution is 6.31. The number of Topliss-reactive ketones (excluding diaryl/α,β-unsaturated/α-hetero) is 1. The fourth-order valence-corrected chi connectivity index (χ4v) is 2.14. The molecule has 4 nitrogen and oxygen atoms in total. The number of ketones is 1. The van der Waals surface area contributed by atoms with E-state index in [4.69, 9.17) is 21.1 Å². The fourth-order valence-electron chi connectivity index (χ4n) is 1.97. The van der Waals surface area contributed by atoms with Crippen LogP contribution in [0.1, 0.15) is 27.6 Å². The molecule has 2 aromatic carbocycles. The lowest BCUT2D eigenvalue weighted by Crippen LogP contribution is -2.24. The number of carbonyl (C=O) groups excluding carboxylic acids is 2. The van der Waals surface area contributed by atoms with E-state index in [1.807, 2.05) is 0 Å². The van der Waals surface area contributed by atoms with Gasteiger partial charge in [-0.3, -0.25) is 4.79 Å². The van der Waals surface area contributed by atoms with Gasteiger partial charge < -0.3 is 9.47 Å². The van der Waals surface area contributed by atoms with Gasteiger partial charge in [-0.1, -0.05) is 11.6 Å². The van der Waals surface area contributed by atoms with Gasteiger partial charge in [0.05, 0.1) is 7.11 Å². The van der Waals surface area contributed by atoms with Gasteiger partial charge >= 0.3 is 5.97 Å². The molecule has 0 bridgehead atoms. The van der Waals surface area contributed by atoms with E-state index in [1.165, 1.54) is 50.4 Å². The molecule has 0 aliphatic heterocycles. The lowest BCUT2D eigenvalue weighted by molar-refractivity contribution is 0.0316. The van der Waals surface area contributed by atoms with Crippen LogP contribution in [0.15, 0.2) is 42.5 Å². The largest absolute Gasteiger partial charge is 0.496 e. The lowest BCUT2D eigenvalue weighted by atomic mass is 10.1. The summed E-state index contributed by atoms with van der Waals surface area (Å²) in [5.74, 6) is -1.32. The van der Waals surface area contributed by atoms with Gasteiger partial charge in [-0.15, -0.1) is 0 Å². The van der Waals surface area contributed by atoms with Gasteiger partial charge in [-0.05, 0) is 49.4 Å². The second-order valence-electron chi connectivity index (χ2n) is 4.76. The number of benzene rings is 2. The maximum atomic E-state index is 12.9. The van der Waals surface area contributed by atoms with Crippen LogP contribution in [0.2, 0.25) is 5.02 Å². The Morgan fingerprint density at radius 1 is 1.13 bits per heavy atom. The van der Waals surface area contributed by atoms with Crippen molar-refractivity contribution in [2.24, 2.45) is 0 Å². The Morgan fingerprint density at radius 2 is 1.78 bits per heavy atom. The zero-order valence-electron chi connectivity index (χ0n) is 12.5. The van der Waals surface area contributed by atoms with E-state index >= 15 is 0 Å². The molecule has 0 saturated heterocycles. The Labute approximate surface area is 137 Å².